The second kappa shape index (κ2) is 30.2. The third-order valence-corrected chi connectivity index (χ3v) is 7.10. The summed E-state index contributed by atoms with van der Waals surface area (Å²) >= 11 is 0. The fourth-order valence-corrected chi connectivity index (χ4v) is 4.56. The number of hydrogen-bond acceptors (Lipinski definition) is 3. The molecule has 1 amide bonds. The highest BCUT2D eigenvalue weighted by Gasteiger charge is 2.17. The van der Waals surface area contributed by atoms with Crippen molar-refractivity contribution in [1.29, 1.82) is 0 Å². The first-order chi connectivity index (χ1) is 18.7. The molecule has 2 atom stereocenters. The highest BCUT2D eigenvalue weighted by molar-refractivity contribution is 5.76. The minimum absolute atomic E-state index is 0.0937. The highest BCUT2D eigenvalue weighted by Crippen LogP contribution is 2.12. The molecule has 0 spiro atoms. The van der Waals surface area contributed by atoms with Crippen LogP contribution in [0.25, 0.3) is 0 Å². The topological polar surface area (TPSA) is 69.6 Å². The molecule has 0 aromatic rings. The van der Waals surface area contributed by atoms with Gasteiger partial charge in [0, 0.05) is 6.42 Å². The maximum absolute atomic E-state index is 12.0. The monoisotopic (exact) mass is 533 g/mol. The Morgan fingerprint density at radius 2 is 1.03 bits per heavy atom. The summed E-state index contributed by atoms with van der Waals surface area (Å²) in [5, 5.41) is 22.6. The van der Waals surface area contributed by atoms with E-state index >= 15 is 0 Å². The van der Waals surface area contributed by atoms with Gasteiger partial charge in [0.2, 0.25) is 5.91 Å². The van der Waals surface area contributed by atoms with E-state index in [1.807, 2.05) is 6.08 Å². The van der Waals surface area contributed by atoms with Crippen LogP contribution in [-0.2, 0) is 4.79 Å². The largest absolute Gasteiger partial charge is 0.394 e. The molecule has 0 aliphatic carbocycles. The molecule has 222 valence electrons. The lowest BCUT2D eigenvalue weighted by Gasteiger charge is -2.19. The predicted octanol–water partition coefficient (Wildman–Crippen LogP) is 9.12. The van der Waals surface area contributed by atoms with Crippen LogP contribution in [0, 0.1) is 0 Å². The number of hydrogen-bond donors (Lipinski definition) is 3. The van der Waals surface area contributed by atoms with E-state index in [4.69, 9.17) is 0 Å². The number of aliphatic hydroxyl groups excluding tert-OH is 2. The number of carbonyl (C=O) groups excluding carboxylic acids is 1. The van der Waals surface area contributed by atoms with Gasteiger partial charge in [0.05, 0.1) is 18.8 Å². The molecular weight excluding hydrogens is 470 g/mol. The van der Waals surface area contributed by atoms with Gasteiger partial charge in [0.1, 0.15) is 0 Å². The van der Waals surface area contributed by atoms with E-state index in [1.54, 1.807) is 6.08 Å². The second-order valence-electron chi connectivity index (χ2n) is 10.9. The van der Waals surface area contributed by atoms with Gasteiger partial charge in [-0.25, -0.2) is 0 Å². The van der Waals surface area contributed by atoms with E-state index in [0.717, 1.165) is 44.9 Å². The molecule has 0 rings (SSSR count). The third-order valence-electron chi connectivity index (χ3n) is 7.10. The maximum Gasteiger partial charge on any atom is 0.220 e. The molecule has 0 aliphatic rings. The molecule has 4 heteroatoms. The first kappa shape index (κ1) is 36.6. The van der Waals surface area contributed by atoms with Crippen LogP contribution in [0.2, 0.25) is 0 Å². The molecule has 0 aromatic carbocycles. The summed E-state index contributed by atoms with van der Waals surface area (Å²) in [7, 11) is 0. The summed E-state index contributed by atoms with van der Waals surface area (Å²) in [6.07, 6.45) is 38.3. The molecule has 0 heterocycles. The van der Waals surface area contributed by atoms with E-state index < -0.39 is 12.1 Å². The fraction of sp³-hybridized carbons (Fsp3) is 0.794. The Kier molecular flexibility index (Phi) is 29.1. The smallest absolute Gasteiger partial charge is 0.220 e. The van der Waals surface area contributed by atoms with Crippen LogP contribution in [0.5, 0.6) is 0 Å². The summed E-state index contributed by atoms with van der Waals surface area (Å²) in [4.78, 5) is 12.0. The van der Waals surface area contributed by atoms with Crippen molar-refractivity contribution in [2.24, 2.45) is 0 Å². The molecule has 2 unspecified atom stereocenters. The summed E-state index contributed by atoms with van der Waals surface area (Å²) in [6.45, 7) is 4.19. The summed E-state index contributed by atoms with van der Waals surface area (Å²) < 4.78 is 0. The Labute approximate surface area is 236 Å². The van der Waals surface area contributed by atoms with Gasteiger partial charge in [-0.2, -0.15) is 0 Å². The minimum Gasteiger partial charge on any atom is -0.394 e. The Hall–Kier alpha value is -1.39. The van der Waals surface area contributed by atoms with Crippen molar-refractivity contribution >= 4 is 5.91 Å². The number of carbonyl (C=O) groups is 1. The lowest BCUT2D eigenvalue weighted by atomic mass is 10.1. The van der Waals surface area contributed by atoms with Crippen molar-refractivity contribution < 1.29 is 15.0 Å². The zero-order valence-corrected chi connectivity index (χ0v) is 25.2. The number of amides is 1. The van der Waals surface area contributed by atoms with Gasteiger partial charge in [0.15, 0.2) is 0 Å². The molecule has 3 N–H and O–H groups in total. The lowest BCUT2D eigenvalue weighted by Crippen LogP contribution is -2.45. The molecular formula is C34H63NO3. The van der Waals surface area contributed by atoms with E-state index in [9.17, 15) is 15.0 Å². The van der Waals surface area contributed by atoms with E-state index in [2.05, 4.69) is 43.5 Å². The molecule has 38 heavy (non-hydrogen) atoms. The van der Waals surface area contributed by atoms with Gasteiger partial charge in [-0.3, -0.25) is 4.79 Å². The summed E-state index contributed by atoms with van der Waals surface area (Å²) in [5.74, 6) is -0.0937. The van der Waals surface area contributed by atoms with E-state index in [0.29, 0.717) is 6.42 Å². The SMILES string of the molecule is CCCCCCCCCCCCC/C=C/CC/C=C/CC/C=C/C(O)C(CO)NC(=O)CCCCCCC. The molecule has 0 bridgehead atoms. The van der Waals surface area contributed by atoms with Crippen molar-refractivity contribution in [2.45, 2.75) is 167 Å². The Balaban J connectivity index is 3.66. The van der Waals surface area contributed by atoms with Crippen LogP contribution in [0.3, 0.4) is 0 Å². The summed E-state index contributed by atoms with van der Waals surface area (Å²) in [5.41, 5.74) is 0. The number of allylic oxidation sites excluding steroid dienone is 5. The standard InChI is InChI=1S/C34H63NO3/c1-3-5-7-9-10-11-12-13-14-15-16-17-18-19-20-21-22-23-24-26-27-29-33(37)32(31-36)35-34(38)30-28-25-8-6-4-2/h18-19,22-23,27,29,32-33,36-37H,3-17,20-21,24-26,28,30-31H2,1-2H3,(H,35,38)/b19-18+,23-22+,29-27+. The highest BCUT2D eigenvalue weighted by atomic mass is 16.3. The van der Waals surface area contributed by atoms with Crippen LogP contribution in [0.15, 0.2) is 36.5 Å². The van der Waals surface area contributed by atoms with Crippen molar-refractivity contribution in [3.63, 3.8) is 0 Å². The molecule has 0 saturated heterocycles. The molecule has 0 aliphatic heterocycles. The Bertz CT molecular complexity index is 584. The number of rotatable bonds is 28. The zero-order valence-electron chi connectivity index (χ0n) is 25.2. The van der Waals surface area contributed by atoms with Gasteiger partial charge in [0.25, 0.3) is 0 Å². The second-order valence-corrected chi connectivity index (χ2v) is 10.9. The number of unbranched alkanes of at least 4 members (excludes halogenated alkanes) is 17. The predicted molar refractivity (Wildman–Crippen MR) is 165 cm³/mol. The summed E-state index contributed by atoms with van der Waals surface area (Å²) in [6, 6.07) is -0.637. The quantitative estimate of drug-likeness (QED) is 0.0693. The molecule has 0 radical (unpaired) electrons. The normalized spacial score (nSPS) is 13.7. The Morgan fingerprint density at radius 3 is 1.53 bits per heavy atom. The van der Waals surface area contributed by atoms with Crippen LogP contribution < -0.4 is 5.32 Å². The average molecular weight is 534 g/mol. The van der Waals surface area contributed by atoms with Crippen molar-refractivity contribution in [3.05, 3.63) is 36.5 Å². The number of aliphatic hydroxyl groups is 2. The van der Waals surface area contributed by atoms with Crippen LogP contribution >= 0.6 is 0 Å². The van der Waals surface area contributed by atoms with Crippen LogP contribution in [0.1, 0.15) is 155 Å². The van der Waals surface area contributed by atoms with Gasteiger partial charge in [-0.15, -0.1) is 0 Å². The van der Waals surface area contributed by atoms with Crippen LogP contribution in [-0.4, -0.2) is 34.9 Å². The number of nitrogens with one attached hydrogen (secondary N) is 1. The molecule has 0 aromatic heterocycles. The van der Waals surface area contributed by atoms with E-state index in [-0.39, 0.29) is 12.5 Å². The van der Waals surface area contributed by atoms with Crippen molar-refractivity contribution in [3.8, 4) is 0 Å². The zero-order chi connectivity index (χ0) is 27.9. The fourth-order valence-electron chi connectivity index (χ4n) is 4.56. The van der Waals surface area contributed by atoms with Crippen molar-refractivity contribution in [2.75, 3.05) is 6.61 Å². The van der Waals surface area contributed by atoms with E-state index in [1.165, 1.54) is 89.9 Å². The maximum atomic E-state index is 12.0. The van der Waals surface area contributed by atoms with Gasteiger partial charge in [-0.05, 0) is 44.9 Å². The van der Waals surface area contributed by atoms with Crippen LogP contribution in [0.4, 0.5) is 0 Å². The minimum atomic E-state index is -0.863. The molecule has 4 nitrogen and oxygen atoms in total. The average Bonchev–Trinajstić information content (AvgIpc) is 2.92. The van der Waals surface area contributed by atoms with Gasteiger partial charge in [-0.1, -0.05) is 140 Å². The third kappa shape index (κ3) is 26.2. The first-order valence-electron chi connectivity index (χ1n) is 16.2. The Morgan fingerprint density at radius 1 is 0.605 bits per heavy atom. The molecule has 0 saturated carbocycles. The van der Waals surface area contributed by atoms with Gasteiger partial charge < -0.3 is 15.5 Å². The van der Waals surface area contributed by atoms with Crippen molar-refractivity contribution in [1.82, 2.24) is 5.32 Å². The van der Waals surface area contributed by atoms with Gasteiger partial charge >= 0.3 is 0 Å². The first-order valence-corrected chi connectivity index (χ1v) is 16.2. The molecule has 0 fully saturated rings. The lowest BCUT2D eigenvalue weighted by molar-refractivity contribution is -0.123.